The van der Waals surface area contributed by atoms with Gasteiger partial charge in [-0.25, -0.2) is 9.97 Å². The molecule has 0 spiro atoms. The molecule has 32 heavy (non-hydrogen) atoms. The van der Waals surface area contributed by atoms with Crippen molar-refractivity contribution in [1.82, 2.24) is 19.4 Å². The van der Waals surface area contributed by atoms with Gasteiger partial charge in [0.1, 0.15) is 23.8 Å². The Hall–Kier alpha value is -2.42. The number of alkyl halides is 3. The van der Waals surface area contributed by atoms with E-state index in [1.165, 1.54) is 13.0 Å². The molecule has 0 bridgehead atoms. The Labute approximate surface area is 186 Å². The molecule has 0 unspecified atom stereocenters. The number of carbonyl (C=O) groups excluding carboxylic acids is 1. The first kappa shape index (κ1) is 24.2. The van der Waals surface area contributed by atoms with E-state index in [0.29, 0.717) is 17.3 Å². The highest BCUT2D eigenvalue weighted by Gasteiger charge is 2.33. The largest absolute Gasteiger partial charge is 0.406 e. The predicted octanol–water partition coefficient (Wildman–Crippen LogP) is 4.69. The summed E-state index contributed by atoms with van der Waals surface area (Å²) in [5.74, 6) is 0.655. The monoisotopic (exact) mass is 452 g/mol. The molecule has 2 aromatic heterocycles. The van der Waals surface area contributed by atoms with Crippen LogP contribution < -0.4 is 0 Å². The van der Waals surface area contributed by atoms with Crippen LogP contribution >= 0.6 is 0 Å². The van der Waals surface area contributed by atoms with Gasteiger partial charge < -0.3 is 14.2 Å². The maximum absolute atomic E-state index is 12.8. The van der Waals surface area contributed by atoms with Crippen molar-refractivity contribution in [3.8, 4) is 11.4 Å². The Bertz CT molecular complexity index is 928. The number of pyridine rings is 1. The van der Waals surface area contributed by atoms with Gasteiger partial charge in [-0.3, -0.25) is 4.79 Å². The van der Waals surface area contributed by atoms with Crippen molar-refractivity contribution in [2.45, 2.75) is 58.7 Å². The lowest BCUT2D eigenvalue weighted by Gasteiger charge is -2.25. The topological polar surface area (TPSA) is 60.2 Å². The van der Waals surface area contributed by atoms with Crippen molar-refractivity contribution < 1.29 is 22.7 Å². The van der Waals surface area contributed by atoms with Gasteiger partial charge in [-0.05, 0) is 37.8 Å². The first-order valence-electron chi connectivity index (χ1n) is 11.0. The van der Waals surface area contributed by atoms with Crippen molar-refractivity contribution >= 4 is 5.91 Å². The first-order valence-corrected chi connectivity index (χ1v) is 11.0. The smallest absolute Gasteiger partial charge is 0.381 e. The zero-order chi connectivity index (χ0) is 23.5. The molecule has 176 valence electrons. The maximum atomic E-state index is 12.8. The van der Waals surface area contributed by atoms with Gasteiger partial charge in [-0.2, -0.15) is 13.2 Å². The summed E-state index contributed by atoms with van der Waals surface area (Å²) >= 11 is 0. The number of imidazole rings is 1. The highest BCUT2D eigenvalue weighted by molar-refractivity contribution is 5.92. The summed E-state index contributed by atoms with van der Waals surface area (Å²) in [6, 6.07) is 4.80. The van der Waals surface area contributed by atoms with Gasteiger partial charge >= 0.3 is 6.18 Å². The van der Waals surface area contributed by atoms with E-state index in [9.17, 15) is 18.0 Å². The summed E-state index contributed by atoms with van der Waals surface area (Å²) in [6.45, 7) is 8.75. The van der Waals surface area contributed by atoms with Crippen molar-refractivity contribution in [1.29, 1.82) is 0 Å². The van der Waals surface area contributed by atoms with Crippen LogP contribution in [0.2, 0.25) is 0 Å². The second kappa shape index (κ2) is 9.60. The molecule has 1 aliphatic rings. The van der Waals surface area contributed by atoms with Crippen LogP contribution in [0.1, 0.15) is 56.8 Å². The lowest BCUT2D eigenvalue weighted by atomic mass is 9.94. The first-order chi connectivity index (χ1) is 15.0. The summed E-state index contributed by atoms with van der Waals surface area (Å²) < 4.78 is 46.1. The second-order valence-corrected chi connectivity index (χ2v) is 9.25. The van der Waals surface area contributed by atoms with E-state index in [1.54, 1.807) is 12.1 Å². The molecule has 0 saturated carbocycles. The highest BCUT2D eigenvalue weighted by Crippen LogP contribution is 2.28. The molecule has 2 aromatic rings. The van der Waals surface area contributed by atoms with Gasteiger partial charge in [0.15, 0.2) is 0 Å². The second-order valence-electron chi connectivity index (χ2n) is 9.25. The third-order valence-corrected chi connectivity index (χ3v) is 5.51. The number of halogens is 3. The van der Waals surface area contributed by atoms with Gasteiger partial charge in [0.25, 0.3) is 5.91 Å². The summed E-state index contributed by atoms with van der Waals surface area (Å²) in [6.07, 6.45) is -0.551. The fraction of sp³-hybridized carbons (Fsp3) is 0.609. The van der Waals surface area contributed by atoms with Crippen molar-refractivity contribution in [2.24, 2.45) is 5.92 Å². The molecule has 0 atom stereocenters. The Morgan fingerprint density at radius 2 is 1.84 bits per heavy atom. The SMILES string of the molecule is CCN(CC(F)(F)F)C(=O)c1cccc(-c2cn(CC3CCOCC3)c(C(C)(C)C)n2)n1. The molecular weight excluding hydrogens is 421 g/mol. The van der Waals surface area contributed by atoms with Crippen LogP contribution in [-0.2, 0) is 16.7 Å². The third kappa shape index (κ3) is 6.09. The zero-order valence-electron chi connectivity index (χ0n) is 19.1. The van der Waals surface area contributed by atoms with E-state index in [4.69, 9.17) is 9.72 Å². The number of aromatic nitrogens is 3. The lowest BCUT2D eigenvalue weighted by Crippen LogP contribution is -2.39. The summed E-state index contributed by atoms with van der Waals surface area (Å²) in [4.78, 5) is 22.6. The molecule has 9 heteroatoms. The van der Waals surface area contributed by atoms with Gasteiger partial charge in [-0.15, -0.1) is 0 Å². The molecule has 1 amide bonds. The molecule has 3 heterocycles. The molecule has 1 aliphatic heterocycles. The van der Waals surface area contributed by atoms with Crippen LogP contribution in [0, 0.1) is 5.92 Å². The van der Waals surface area contributed by atoms with Gasteiger partial charge in [0, 0.05) is 37.9 Å². The average molecular weight is 453 g/mol. The fourth-order valence-electron chi connectivity index (χ4n) is 3.89. The molecule has 0 N–H and O–H groups in total. The van der Waals surface area contributed by atoms with Crippen LogP contribution in [-0.4, -0.2) is 57.8 Å². The standard InChI is InChI=1S/C23H31F3N4O2/c1-5-29(15-23(24,25)26)20(31)18-8-6-7-17(27-18)19-14-30(21(28-19)22(2,3)4)13-16-9-11-32-12-10-16/h6-8,14,16H,5,9-13,15H2,1-4H3. The van der Waals surface area contributed by atoms with Crippen LogP contribution in [0.3, 0.4) is 0 Å². The summed E-state index contributed by atoms with van der Waals surface area (Å²) in [5.41, 5.74) is 0.846. The lowest BCUT2D eigenvalue weighted by molar-refractivity contribution is -0.140. The van der Waals surface area contributed by atoms with Gasteiger partial charge in [0.05, 0.1) is 5.69 Å². The minimum Gasteiger partial charge on any atom is -0.381 e. The molecule has 1 fully saturated rings. The molecule has 0 aromatic carbocycles. The number of carbonyl (C=O) groups is 1. The van der Waals surface area contributed by atoms with Crippen molar-refractivity contribution in [2.75, 3.05) is 26.3 Å². The predicted molar refractivity (Wildman–Crippen MR) is 115 cm³/mol. The molecule has 1 saturated heterocycles. The average Bonchev–Trinajstić information content (AvgIpc) is 3.16. The number of hydrogen-bond acceptors (Lipinski definition) is 4. The fourth-order valence-corrected chi connectivity index (χ4v) is 3.89. The Balaban J connectivity index is 1.90. The van der Waals surface area contributed by atoms with E-state index in [0.717, 1.165) is 43.3 Å². The van der Waals surface area contributed by atoms with E-state index < -0.39 is 18.6 Å². The van der Waals surface area contributed by atoms with Crippen molar-refractivity contribution in [3.63, 3.8) is 0 Å². The van der Waals surface area contributed by atoms with Gasteiger partial charge in [0.2, 0.25) is 0 Å². The van der Waals surface area contributed by atoms with Crippen LogP contribution in [0.25, 0.3) is 11.4 Å². The number of nitrogens with zero attached hydrogens (tertiary/aromatic N) is 4. The summed E-state index contributed by atoms with van der Waals surface area (Å²) in [5, 5.41) is 0. The molecular formula is C23H31F3N4O2. The number of ether oxygens (including phenoxy) is 1. The quantitative estimate of drug-likeness (QED) is 0.638. The molecule has 6 nitrogen and oxygen atoms in total. The third-order valence-electron chi connectivity index (χ3n) is 5.51. The zero-order valence-corrected chi connectivity index (χ0v) is 19.1. The number of hydrogen-bond donors (Lipinski definition) is 0. The highest BCUT2D eigenvalue weighted by atomic mass is 19.4. The van der Waals surface area contributed by atoms with Crippen LogP contribution in [0.5, 0.6) is 0 Å². The number of rotatable bonds is 6. The molecule has 0 aliphatic carbocycles. The minimum atomic E-state index is -4.46. The van der Waals surface area contributed by atoms with E-state index in [1.807, 2.05) is 6.20 Å². The number of amides is 1. The van der Waals surface area contributed by atoms with E-state index in [-0.39, 0.29) is 17.7 Å². The normalized spacial score (nSPS) is 15.7. The Kier molecular flexibility index (Phi) is 7.27. The summed E-state index contributed by atoms with van der Waals surface area (Å²) in [7, 11) is 0. The Morgan fingerprint density at radius 1 is 1.16 bits per heavy atom. The van der Waals surface area contributed by atoms with Crippen molar-refractivity contribution in [3.05, 3.63) is 35.9 Å². The minimum absolute atomic E-state index is 0.0233. The van der Waals surface area contributed by atoms with Crippen LogP contribution in [0.15, 0.2) is 24.4 Å². The maximum Gasteiger partial charge on any atom is 0.406 e. The Morgan fingerprint density at radius 3 is 2.44 bits per heavy atom. The molecule has 3 rings (SSSR count). The van der Waals surface area contributed by atoms with E-state index >= 15 is 0 Å². The van der Waals surface area contributed by atoms with E-state index in [2.05, 4.69) is 30.3 Å². The van der Waals surface area contributed by atoms with Gasteiger partial charge in [-0.1, -0.05) is 26.8 Å². The molecule has 0 radical (unpaired) electrons. The van der Waals surface area contributed by atoms with Crippen LogP contribution in [0.4, 0.5) is 13.2 Å².